The molecule has 7 aromatic carbocycles. The SMILES string of the molecule is c1ccc(-c2nc(-c3ccccc3)nc(-c3cccc4c3oc3cc5c(cc34)Oc3ccccc3C53c4ccccc4-c4ccccc43)n2)cc1. The summed E-state index contributed by atoms with van der Waals surface area (Å²) in [4.78, 5) is 15.0. The summed E-state index contributed by atoms with van der Waals surface area (Å²) < 4.78 is 13.7. The van der Waals surface area contributed by atoms with Crippen molar-refractivity contribution in [2.24, 2.45) is 0 Å². The van der Waals surface area contributed by atoms with Crippen LogP contribution in [-0.4, -0.2) is 15.0 Å². The molecular weight excluding hydrogens is 627 g/mol. The van der Waals surface area contributed by atoms with Gasteiger partial charge in [-0.3, -0.25) is 0 Å². The van der Waals surface area contributed by atoms with Crippen molar-refractivity contribution in [2.75, 3.05) is 0 Å². The maximum absolute atomic E-state index is 6.91. The van der Waals surface area contributed by atoms with E-state index < -0.39 is 5.41 Å². The number of ether oxygens (including phenoxy) is 1. The molecule has 0 fully saturated rings. The molecule has 5 heteroatoms. The molecule has 0 bridgehead atoms. The Morgan fingerprint density at radius 2 is 0.941 bits per heavy atom. The van der Waals surface area contributed by atoms with Crippen LogP contribution < -0.4 is 4.74 Å². The third kappa shape index (κ3) is 3.94. The van der Waals surface area contributed by atoms with E-state index >= 15 is 0 Å². The lowest BCUT2D eigenvalue weighted by atomic mass is 9.66. The highest BCUT2D eigenvalue weighted by Crippen LogP contribution is 2.62. The van der Waals surface area contributed by atoms with Crippen LogP contribution in [0.25, 0.3) is 67.2 Å². The molecule has 1 spiro atoms. The number of benzene rings is 7. The fourth-order valence-corrected chi connectivity index (χ4v) is 8.25. The zero-order valence-corrected chi connectivity index (χ0v) is 27.2. The van der Waals surface area contributed by atoms with Gasteiger partial charge in [-0.1, -0.05) is 140 Å². The molecule has 0 atom stereocenters. The van der Waals surface area contributed by atoms with E-state index in [1.54, 1.807) is 0 Å². The van der Waals surface area contributed by atoms with E-state index in [-0.39, 0.29) is 0 Å². The molecule has 0 unspecified atom stereocenters. The van der Waals surface area contributed by atoms with Gasteiger partial charge >= 0.3 is 0 Å². The number of aromatic nitrogens is 3. The summed E-state index contributed by atoms with van der Waals surface area (Å²) in [5, 5.41) is 1.94. The van der Waals surface area contributed by atoms with Gasteiger partial charge in [0.1, 0.15) is 22.7 Å². The van der Waals surface area contributed by atoms with Crippen LogP contribution in [0.15, 0.2) is 168 Å². The van der Waals surface area contributed by atoms with Gasteiger partial charge in [0.2, 0.25) is 0 Å². The highest BCUT2D eigenvalue weighted by atomic mass is 16.5. The second kappa shape index (κ2) is 10.6. The minimum Gasteiger partial charge on any atom is -0.457 e. The first-order valence-electron chi connectivity index (χ1n) is 17.1. The monoisotopic (exact) mass is 653 g/mol. The first-order valence-corrected chi connectivity index (χ1v) is 17.1. The molecule has 0 saturated carbocycles. The van der Waals surface area contributed by atoms with Crippen LogP contribution in [0.5, 0.6) is 11.5 Å². The topological polar surface area (TPSA) is 61.0 Å². The van der Waals surface area contributed by atoms with Crippen molar-refractivity contribution in [2.45, 2.75) is 5.41 Å². The van der Waals surface area contributed by atoms with Gasteiger partial charge in [-0.15, -0.1) is 0 Å². The summed E-state index contributed by atoms with van der Waals surface area (Å²) >= 11 is 0. The van der Waals surface area contributed by atoms with E-state index in [2.05, 4.69) is 84.9 Å². The molecule has 238 valence electrons. The first kappa shape index (κ1) is 28.0. The molecule has 3 heterocycles. The van der Waals surface area contributed by atoms with E-state index in [0.29, 0.717) is 17.5 Å². The highest BCUT2D eigenvalue weighted by Gasteiger charge is 2.51. The van der Waals surface area contributed by atoms with E-state index in [9.17, 15) is 0 Å². The first-order chi connectivity index (χ1) is 25.3. The number of nitrogens with zero attached hydrogens (tertiary/aromatic N) is 3. The van der Waals surface area contributed by atoms with Gasteiger partial charge in [-0.05, 0) is 46.5 Å². The van der Waals surface area contributed by atoms with Crippen LogP contribution >= 0.6 is 0 Å². The lowest BCUT2D eigenvalue weighted by molar-refractivity contribution is 0.437. The lowest BCUT2D eigenvalue weighted by Gasteiger charge is -2.39. The maximum atomic E-state index is 6.91. The van der Waals surface area contributed by atoms with Crippen molar-refractivity contribution in [3.63, 3.8) is 0 Å². The average molecular weight is 654 g/mol. The van der Waals surface area contributed by atoms with E-state index in [0.717, 1.165) is 61.3 Å². The van der Waals surface area contributed by atoms with Crippen LogP contribution in [0, 0.1) is 0 Å². The summed E-state index contributed by atoms with van der Waals surface area (Å²) in [5.41, 5.74) is 10.7. The van der Waals surface area contributed by atoms with Crippen LogP contribution in [0.2, 0.25) is 0 Å². The number of fused-ring (bicyclic) bond motifs is 12. The molecular formula is C46H27N3O2. The molecule has 1 aliphatic carbocycles. The van der Waals surface area contributed by atoms with E-state index in [4.69, 9.17) is 24.1 Å². The largest absolute Gasteiger partial charge is 0.457 e. The average Bonchev–Trinajstić information content (AvgIpc) is 3.71. The van der Waals surface area contributed by atoms with Gasteiger partial charge in [-0.2, -0.15) is 0 Å². The van der Waals surface area contributed by atoms with Gasteiger partial charge in [0.05, 0.1) is 11.0 Å². The van der Waals surface area contributed by atoms with Crippen molar-refractivity contribution in [1.29, 1.82) is 0 Å². The normalized spacial score (nSPS) is 13.4. The van der Waals surface area contributed by atoms with Crippen molar-refractivity contribution < 1.29 is 9.15 Å². The summed E-state index contributed by atoms with van der Waals surface area (Å²) in [6.45, 7) is 0. The van der Waals surface area contributed by atoms with Gasteiger partial charge in [-0.25, -0.2) is 15.0 Å². The molecule has 0 amide bonds. The van der Waals surface area contributed by atoms with Crippen molar-refractivity contribution >= 4 is 21.9 Å². The Balaban J connectivity index is 1.18. The van der Waals surface area contributed by atoms with Crippen molar-refractivity contribution in [1.82, 2.24) is 15.0 Å². The Hall–Kier alpha value is -6.85. The second-order valence-corrected chi connectivity index (χ2v) is 13.1. The van der Waals surface area contributed by atoms with E-state index in [1.165, 1.54) is 22.3 Å². The molecule has 0 saturated heterocycles. The molecule has 0 radical (unpaired) electrons. The van der Waals surface area contributed by atoms with Crippen LogP contribution in [-0.2, 0) is 5.41 Å². The fourth-order valence-electron chi connectivity index (χ4n) is 8.25. The summed E-state index contributed by atoms with van der Waals surface area (Å²) in [7, 11) is 0. The van der Waals surface area contributed by atoms with Gasteiger partial charge in [0.15, 0.2) is 17.5 Å². The highest BCUT2D eigenvalue weighted by molar-refractivity contribution is 6.10. The summed E-state index contributed by atoms with van der Waals surface area (Å²) in [6, 6.07) is 56.5. The fraction of sp³-hybridized carbons (Fsp3) is 0.0217. The summed E-state index contributed by atoms with van der Waals surface area (Å²) in [5.74, 6) is 3.44. The molecule has 2 aromatic heterocycles. The third-order valence-electron chi connectivity index (χ3n) is 10.4. The molecule has 1 aliphatic heterocycles. The van der Waals surface area contributed by atoms with Gasteiger partial charge in [0.25, 0.3) is 0 Å². The minimum absolute atomic E-state index is 0.552. The predicted molar refractivity (Wildman–Crippen MR) is 201 cm³/mol. The van der Waals surface area contributed by atoms with E-state index in [1.807, 2.05) is 78.9 Å². The van der Waals surface area contributed by atoms with Crippen LogP contribution in [0.4, 0.5) is 0 Å². The quantitative estimate of drug-likeness (QED) is 0.190. The molecule has 9 aromatic rings. The Morgan fingerprint density at radius 3 is 1.61 bits per heavy atom. The third-order valence-corrected chi connectivity index (χ3v) is 10.4. The zero-order valence-electron chi connectivity index (χ0n) is 27.2. The smallest absolute Gasteiger partial charge is 0.167 e. The molecule has 2 aliphatic rings. The van der Waals surface area contributed by atoms with Crippen LogP contribution in [0.3, 0.4) is 0 Å². The zero-order chi connectivity index (χ0) is 33.5. The van der Waals surface area contributed by atoms with Gasteiger partial charge < -0.3 is 9.15 Å². The summed E-state index contributed by atoms with van der Waals surface area (Å²) in [6.07, 6.45) is 0. The number of rotatable bonds is 3. The minimum atomic E-state index is -0.573. The van der Waals surface area contributed by atoms with Crippen molar-refractivity contribution in [3.8, 4) is 56.8 Å². The maximum Gasteiger partial charge on any atom is 0.167 e. The van der Waals surface area contributed by atoms with Crippen LogP contribution in [0.1, 0.15) is 22.3 Å². The Bertz CT molecular complexity index is 2740. The molecule has 11 rings (SSSR count). The molecule has 0 N–H and O–H groups in total. The van der Waals surface area contributed by atoms with Crippen molar-refractivity contribution in [3.05, 3.63) is 186 Å². The number of hydrogen-bond acceptors (Lipinski definition) is 5. The Kier molecular flexibility index (Phi) is 5.81. The number of furan rings is 1. The Labute approximate surface area is 293 Å². The number of hydrogen-bond donors (Lipinski definition) is 0. The standard InChI is InChI=1S/C46H27N3O2/c1-3-14-28(15-4-1)43-47-44(29-16-5-2-6-17-29)49-45(48-43)33-21-13-20-32-34-26-41-38(27-40(34)51-42(32)33)46(37-24-11-12-25-39(37)50-41)35-22-9-7-18-30(35)31-19-8-10-23-36(31)46/h1-27H. The van der Waals surface area contributed by atoms with Gasteiger partial charge in [0, 0.05) is 33.0 Å². The molecule has 5 nitrogen and oxygen atoms in total. The Morgan fingerprint density at radius 1 is 0.392 bits per heavy atom. The second-order valence-electron chi connectivity index (χ2n) is 13.1. The predicted octanol–water partition coefficient (Wildman–Crippen LogP) is 11.2. The lowest BCUT2D eigenvalue weighted by Crippen LogP contribution is -2.32. The number of para-hydroxylation sites is 2. The molecule has 51 heavy (non-hydrogen) atoms.